The second kappa shape index (κ2) is 5.78. The Kier molecular flexibility index (Phi) is 3.94. The Bertz CT molecular complexity index is 836. The molecule has 0 saturated heterocycles. The highest BCUT2D eigenvalue weighted by Gasteiger charge is 2.24. The first kappa shape index (κ1) is 15.7. The Hall–Kier alpha value is -2.20. The number of carbonyl (C=O) groups excluding carboxylic acids is 1. The quantitative estimate of drug-likeness (QED) is 0.878. The number of hydrogen-bond acceptors (Lipinski definition) is 6. The van der Waals surface area contributed by atoms with Gasteiger partial charge in [-0.3, -0.25) is 14.7 Å². The van der Waals surface area contributed by atoms with Crippen molar-refractivity contribution in [3.8, 4) is 0 Å². The minimum absolute atomic E-state index is 0.0985. The van der Waals surface area contributed by atoms with Gasteiger partial charge >= 0.3 is 0 Å². The highest BCUT2D eigenvalue weighted by atomic mass is 32.2. The summed E-state index contributed by atoms with van der Waals surface area (Å²) < 4.78 is 31.9. The molecule has 10 heteroatoms. The van der Waals surface area contributed by atoms with E-state index in [1.54, 1.807) is 0 Å². The molecule has 0 spiro atoms. The van der Waals surface area contributed by atoms with Crippen LogP contribution in [0.25, 0.3) is 0 Å². The van der Waals surface area contributed by atoms with Crippen LogP contribution in [0.4, 0.5) is 5.95 Å². The van der Waals surface area contributed by atoms with Gasteiger partial charge in [-0.15, -0.1) is 10.2 Å². The summed E-state index contributed by atoms with van der Waals surface area (Å²) in [6.45, 7) is 0.746. The van der Waals surface area contributed by atoms with Gasteiger partial charge in [0, 0.05) is 27.1 Å². The van der Waals surface area contributed by atoms with E-state index in [1.807, 2.05) is 4.57 Å². The summed E-state index contributed by atoms with van der Waals surface area (Å²) in [5.41, 5.74) is 0. The summed E-state index contributed by atoms with van der Waals surface area (Å²) in [7, 11) is -0.935. The van der Waals surface area contributed by atoms with Crippen LogP contribution in [0.1, 0.15) is 29.2 Å². The van der Waals surface area contributed by atoms with Gasteiger partial charge in [0.2, 0.25) is 11.0 Å². The Morgan fingerprint density at radius 3 is 2.83 bits per heavy atom. The van der Waals surface area contributed by atoms with E-state index in [9.17, 15) is 13.2 Å². The monoisotopic (exact) mass is 339 g/mol. The Labute approximate surface area is 133 Å². The standard InChI is InChI=1S/C13H17N5O4S/c1-17(2)23(20,21)11-7-6-9(22-11)12(19)14-13-16-15-10-5-3-4-8-18(10)13/h6-7H,3-5,8H2,1-2H3,(H,14,16,19). The average Bonchev–Trinajstić information content (AvgIpc) is 3.15. The third-order valence-electron chi connectivity index (χ3n) is 3.62. The first-order chi connectivity index (χ1) is 10.9. The summed E-state index contributed by atoms with van der Waals surface area (Å²) in [5, 5.41) is 10.3. The number of anilines is 1. The van der Waals surface area contributed by atoms with Gasteiger partial charge in [-0.1, -0.05) is 0 Å². The fraction of sp³-hybridized carbons (Fsp3) is 0.462. The maximum absolute atomic E-state index is 12.2. The Morgan fingerprint density at radius 2 is 2.09 bits per heavy atom. The highest BCUT2D eigenvalue weighted by molar-refractivity contribution is 7.88. The molecular weight excluding hydrogens is 322 g/mol. The van der Waals surface area contributed by atoms with Gasteiger partial charge in [-0.05, 0) is 25.0 Å². The highest BCUT2D eigenvalue weighted by Crippen LogP contribution is 2.20. The normalized spacial score (nSPS) is 14.7. The number of hydrogen-bond donors (Lipinski definition) is 1. The molecule has 1 aliphatic heterocycles. The number of carbonyl (C=O) groups is 1. The molecule has 23 heavy (non-hydrogen) atoms. The van der Waals surface area contributed by atoms with Crippen LogP contribution in [0.5, 0.6) is 0 Å². The van der Waals surface area contributed by atoms with Crippen LogP contribution in [0.2, 0.25) is 0 Å². The second-order valence-electron chi connectivity index (χ2n) is 5.41. The zero-order valence-corrected chi connectivity index (χ0v) is 13.6. The average molecular weight is 339 g/mol. The minimum Gasteiger partial charge on any atom is -0.438 e. The van der Waals surface area contributed by atoms with Gasteiger partial charge in [0.15, 0.2) is 5.76 Å². The molecule has 124 valence electrons. The van der Waals surface area contributed by atoms with Crippen molar-refractivity contribution >= 4 is 21.9 Å². The van der Waals surface area contributed by atoms with E-state index in [0.717, 1.165) is 35.9 Å². The first-order valence-corrected chi connectivity index (χ1v) is 8.59. The maximum Gasteiger partial charge on any atom is 0.293 e. The van der Waals surface area contributed by atoms with E-state index in [-0.39, 0.29) is 10.9 Å². The number of nitrogens with zero attached hydrogens (tertiary/aromatic N) is 4. The molecule has 3 rings (SSSR count). The van der Waals surface area contributed by atoms with Crippen LogP contribution in [0, 0.1) is 0 Å². The number of aromatic nitrogens is 3. The van der Waals surface area contributed by atoms with E-state index in [2.05, 4.69) is 15.5 Å². The molecule has 0 saturated carbocycles. The van der Waals surface area contributed by atoms with Gasteiger partial charge in [0.1, 0.15) is 5.82 Å². The van der Waals surface area contributed by atoms with Crippen molar-refractivity contribution in [2.45, 2.75) is 30.9 Å². The number of amides is 1. The molecule has 1 aliphatic rings. The zero-order valence-electron chi connectivity index (χ0n) is 12.8. The lowest BCUT2D eigenvalue weighted by atomic mass is 10.2. The molecule has 0 aromatic carbocycles. The number of fused-ring (bicyclic) bond motifs is 1. The molecular formula is C13H17N5O4S. The molecule has 1 N–H and O–H groups in total. The third kappa shape index (κ3) is 2.86. The lowest BCUT2D eigenvalue weighted by Gasteiger charge is -2.14. The SMILES string of the molecule is CN(C)S(=O)(=O)c1ccc(C(=O)Nc2nnc3n2CCCC3)o1. The van der Waals surface area contributed by atoms with E-state index >= 15 is 0 Å². The van der Waals surface area contributed by atoms with Gasteiger partial charge in [-0.2, -0.15) is 0 Å². The second-order valence-corrected chi connectivity index (χ2v) is 7.49. The van der Waals surface area contributed by atoms with Gasteiger partial charge in [0.05, 0.1) is 0 Å². The van der Waals surface area contributed by atoms with Gasteiger partial charge in [-0.25, -0.2) is 12.7 Å². The summed E-state index contributed by atoms with van der Waals surface area (Å²) in [6.07, 6.45) is 2.88. The molecule has 0 fully saturated rings. The molecule has 0 aliphatic carbocycles. The Balaban J connectivity index is 1.80. The predicted molar refractivity (Wildman–Crippen MR) is 80.5 cm³/mol. The summed E-state index contributed by atoms with van der Waals surface area (Å²) in [5.74, 6) is 0.518. The van der Waals surface area contributed by atoms with Crippen molar-refractivity contribution in [3.05, 3.63) is 23.7 Å². The third-order valence-corrected chi connectivity index (χ3v) is 5.31. The van der Waals surface area contributed by atoms with Crippen LogP contribution in [0.15, 0.2) is 21.6 Å². The lowest BCUT2D eigenvalue weighted by molar-refractivity contribution is 0.0990. The van der Waals surface area contributed by atoms with E-state index < -0.39 is 15.9 Å². The van der Waals surface area contributed by atoms with Crippen molar-refractivity contribution in [1.82, 2.24) is 19.1 Å². The minimum atomic E-state index is -3.71. The van der Waals surface area contributed by atoms with Gasteiger partial charge in [0.25, 0.3) is 15.9 Å². The van der Waals surface area contributed by atoms with Crippen LogP contribution >= 0.6 is 0 Å². The molecule has 0 bridgehead atoms. The number of rotatable bonds is 4. The lowest BCUT2D eigenvalue weighted by Crippen LogP contribution is -2.21. The molecule has 0 radical (unpaired) electrons. The van der Waals surface area contributed by atoms with E-state index in [4.69, 9.17) is 4.42 Å². The fourth-order valence-electron chi connectivity index (χ4n) is 2.32. The Morgan fingerprint density at radius 1 is 1.30 bits per heavy atom. The van der Waals surface area contributed by atoms with Crippen LogP contribution in [0.3, 0.4) is 0 Å². The smallest absolute Gasteiger partial charge is 0.293 e. The summed E-state index contributed by atoms with van der Waals surface area (Å²) in [6, 6.07) is 2.57. The van der Waals surface area contributed by atoms with Gasteiger partial charge < -0.3 is 4.42 Å². The molecule has 1 amide bonds. The van der Waals surface area contributed by atoms with Crippen molar-refractivity contribution in [2.75, 3.05) is 19.4 Å². The van der Waals surface area contributed by atoms with E-state index in [1.165, 1.54) is 26.2 Å². The predicted octanol–water partition coefficient (Wildman–Crippen LogP) is 0.710. The summed E-state index contributed by atoms with van der Waals surface area (Å²) in [4.78, 5) is 12.2. The number of furan rings is 1. The van der Waals surface area contributed by atoms with Crippen LogP contribution < -0.4 is 5.32 Å². The topological polar surface area (TPSA) is 110 Å². The van der Waals surface area contributed by atoms with Crippen molar-refractivity contribution in [3.63, 3.8) is 0 Å². The van der Waals surface area contributed by atoms with E-state index in [0.29, 0.717) is 5.95 Å². The molecule has 3 heterocycles. The largest absolute Gasteiger partial charge is 0.438 e. The van der Waals surface area contributed by atoms with Crippen LogP contribution in [-0.2, 0) is 23.0 Å². The summed E-state index contributed by atoms with van der Waals surface area (Å²) >= 11 is 0. The first-order valence-electron chi connectivity index (χ1n) is 7.15. The number of nitrogens with one attached hydrogen (secondary N) is 1. The zero-order chi connectivity index (χ0) is 16.6. The molecule has 2 aromatic rings. The van der Waals surface area contributed by atoms with Crippen molar-refractivity contribution in [1.29, 1.82) is 0 Å². The number of sulfonamides is 1. The molecule has 2 aromatic heterocycles. The molecule has 9 nitrogen and oxygen atoms in total. The van der Waals surface area contributed by atoms with Crippen LogP contribution in [-0.4, -0.2) is 47.5 Å². The fourth-order valence-corrected chi connectivity index (χ4v) is 3.12. The maximum atomic E-state index is 12.2. The molecule has 0 atom stereocenters. The molecule has 0 unspecified atom stereocenters. The van der Waals surface area contributed by atoms with Crippen molar-refractivity contribution < 1.29 is 17.6 Å². The van der Waals surface area contributed by atoms with Crippen molar-refractivity contribution in [2.24, 2.45) is 0 Å². The number of aryl methyl sites for hydroxylation is 1.